The summed E-state index contributed by atoms with van der Waals surface area (Å²) in [6, 6.07) is 6.87. The van der Waals surface area contributed by atoms with Crippen molar-refractivity contribution >= 4 is 5.91 Å². The lowest BCUT2D eigenvalue weighted by molar-refractivity contribution is -0.162. The molecule has 0 aromatic heterocycles. The number of primary amides is 1. The average molecular weight is 203 g/mol. The van der Waals surface area contributed by atoms with Crippen molar-refractivity contribution in [2.24, 2.45) is 5.73 Å². The third kappa shape index (κ3) is 2.25. The molecule has 1 aromatic carbocycles. The van der Waals surface area contributed by atoms with Crippen LogP contribution >= 0.6 is 0 Å². The number of benzene rings is 1. The molecule has 0 bridgehead atoms. The second-order valence-electron chi connectivity index (χ2n) is 2.79. The molecule has 2 nitrogen and oxygen atoms in total. The van der Waals surface area contributed by atoms with Crippen LogP contribution in [0, 0.1) is 0 Å². The quantitative estimate of drug-likeness (QED) is 0.782. The Labute approximate surface area is 78.5 Å². The zero-order valence-electron chi connectivity index (χ0n) is 7.08. The van der Waals surface area contributed by atoms with E-state index in [0.29, 0.717) is 0 Å². The second-order valence-corrected chi connectivity index (χ2v) is 2.79. The van der Waals surface area contributed by atoms with Crippen molar-refractivity contribution in [2.45, 2.75) is 12.1 Å². The topological polar surface area (TPSA) is 43.1 Å². The minimum absolute atomic E-state index is 0.132. The summed E-state index contributed by atoms with van der Waals surface area (Å²) in [5.74, 6) is -3.60. The number of carbonyl (C=O) groups excluding carboxylic acids is 1. The van der Waals surface area contributed by atoms with Gasteiger partial charge in [-0.1, -0.05) is 30.3 Å². The van der Waals surface area contributed by atoms with Gasteiger partial charge in [0.25, 0.3) is 0 Å². The first-order valence-corrected chi connectivity index (χ1v) is 3.84. The lowest BCUT2D eigenvalue weighted by atomic mass is 9.98. The van der Waals surface area contributed by atoms with E-state index in [4.69, 9.17) is 5.73 Å². The molecule has 1 rings (SSSR count). The Kier molecular flexibility index (Phi) is 2.78. The molecule has 0 saturated heterocycles. The van der Waals surface area contributed by atoms with Crippen LogP contribution < -0.4 is 5.73 Å². The second kappa shape index (κ2) is 3.69. The van der Waals surface area contributed by atoms with Crippen LogP contribution in [-0.2, 0) is 4.79 Å². The van der Waals surface area contributed by atoms with Gasteiger partial charge in [0.1, 0.15) is 0 Å². The molecule has 0 aliphatic carbocycles. The zero-order chi connectivity index (χ0) is 10.8. The highest BCUT2D eigenvalue weighted by molar-refractivity contribution is 5.82. The van der Waals surface area contributed by atoms with Gasteiger partial charge in [-0.25, -0.2) is 0 Å². The minimum Gasteiger partial charge on any atom is -0.369 e. The van der Waals surface area contributed by atoms with Crippen LogP contribution in [0.5, 0.6) is 0 Å². The molecular formula is C9H8F3NO. The molecule has 2 N–H and O–H groups in total. The van der Waals surface area contributed by atoms with Gasteiger partial charge in [-0.05, 0) is 5.56 Å². The van der Waals surface area contributed by atoms with Crippen LogP contribution in [0.2, 0.25) is 0 Å². The van der Waals surface area contributed by atoms with Gasteiger partial charge < -0.3 is 5.73 Å². The third-order valence-corrected chi connectivity index (χ3v) is 1.74. The van der Waals surface area contributed by atoms with E-state index in [-0.39, 0.29) is 5.56 Å². The molecule has 0 fully saturated rings. The Morgan fingerprint density at radius 2 is 1.71 bits per heavy atom. The molecule has 0 saturated carbocycles. The van der Waals surface area contributed by atoms with E-state index in [1.54, 1.807) is 6.07 Å². The minimum atomic E-state index is -4.63. The van der Waals surface area contributed by atoms with E-state index in [1.165, 1.54) is 24.3 Å². The van der Waals surface area contributed by atoms with Crippen LogP contribution in [0.1, 0.15) is 11.5 Å². The predicted octanol–water partition coefficient (Wildman–Crippen LogP) is 1.82. The van der Waals surface area contributed by atoms with Crippen molar-refractivity contribution in [2.75, 3.05) is 0 Å². The molecular weight excluding hydrogens is 195 g/mol. The number of hydrogen-bond acceptors (Lipinski definition) is 1. The molecule has 0 spiro atoms. The standard InChI is InChI=1S/C9H8F3NO/c10-9(11,12)7(8(13)14)6-4-2-1-3-5-6/h1-5,7H,(H2,13,14)/t7-/m0/s1. The molecule has 0 aliphatic rings. The monoisotopic (exact) mass is 203 g/mol. The van der Waals surface area contributed by atoms with Crippen LogP contribution in [0.15, 0.2) is 30.3 Å². The third-order valence-electron chi connectivity index (χ3n) is 1.74. The number of nitrogens with two attached hydrogens (primary N) is 1. The first-order chi connectivity index (χ1) is 6.43. The van der Waals surface area contributed by atoms with Gasteiger partial charge in [0.15, 0.2) is 5.92 Å². The molecule has 14 heavy (non-hydrogen) atoms. The molecule has 5 heteroatoms. The maximum atomic E-state index is 12.4. The van der Waals surface area contributed by atoms with Crippen molar-refractivity contribution in [3.8, 4) is 0 Å². The number of hydrogen-bond donors (Lipinski definition) is 1. The Bertz CT molecular complexity index is 321. The Morgan fingerprint density at radius 3 is 2.07 bits per heavy atom. The summed E-state index contributed by atoms with van der Waals surface area (Å²) in [7, 11) is 0. The Balaban J connectivity index is 3.08. The smallest absolute Gasteiger partial charge is 0.369 e. The van der Waals surface area contributed by atoms with Crippen molar-refractivity contribution in [3.05, 3.63) is 35.9 Å². The van der Waals surface area contributed by atoms with Crippen molar-refractivity contribution in [3.63, 3.8) is 0 Å². The van der Waals surface area contributed by atoms with Crippen molar-refractivity contribution in [1.82, 2.24) is 0 Å². The predicted molar refractivity (Wildman–Crippen MR) is 44.4 cm³/mol. The lowest BCUT2D eigenvalue weighted by Crippen LogP contribution is -2.33. The highest BCUT2D eigenvalue weighted by Gasteiger charge is 2.44. The van der Waals surface area contributed by atoms with Gasteiger partial charge in [-0.2, -0.15) is 13.2 Å². The first-order valence-electron chi connectivity index (χ1n) is 3.84. The highest BCUT2D eigenvalue weighted by Crippen LogP contribution is 2.34. The molecule has 1 aromatic rings. The fraction of sp³-hybridized carbons (Fsp3) is 0.222. The summed E-state index contributed by atoms with van der Waals surface area (Å²) in [5.41, 5.74) is 4.56. The SMILES string of the molecule is NC(=O)[C@H](c1ccccc1)C(F)(F)F. The molecule has 0 heterocycles. The van der Waals surface area contributed by atoms with Crippen LogP contribution in [-0.4, -0.2) is 12.1 Å². The number of halogens is 3. The summed E-state index contributed by atoms with van der Waals surface area (Å²) in [6.07, 6.45) is -4.63. The van der Waals surface area contributed by atoms with Gasteiger partial charge in [0, 0.05) is 0 Å². The van der Waals surface area contributed by atoms with E-state index in [0.717, 1.165) is 0 Å². The Morgan fingerprint density at radius 1 is 1.21 bits per heavy atom. The number of rotatable bonds is 2. The fourth-order valence-corrected chi connectivity index (χ4v) is 1.16. The van der Waals surface area contributed by atoms with Crippen molar-refractivity contribution < 1.29 is 18.0 Å². The maximum Gasteiger partial charge on any atom is 0.404 e. The van der Waals surface area contributed by atoms with Gasteiger partial charge in [0.05, 0.1) is 0 Å². The average Bonchev–Trinajstić information content (AvgIpc) is 2.02. The number of amides is 1. The molecule has 1 atom stereocenters. The highest BCUT2D eigenvalue weighted by atomic mass is 19.4. The summed E-state index contributed by atoms with van der Waals surface area (Å²) >= 11 is 0. The summed E-state index contributed by atoms with van der Waals surface area (Å²) in [5, 5.41) is 0. The molecule has 76 valence electrons. The summed E-state index contributed by atoms with van der Waals surface area (Å²) in [4.78, 5) is 10.6. The van der Waals surface area contributed by atoms with E-state index < -0.39 is 18.0 Å². The van der Waals surface area contributed by atoms with E-state index in [1.807, 2.05) is 0 Å². The largest absolute Gasteiger partial charge is 0.404 e. The molecule has 0 aliphatic heterocycles. The lowest BCUT2D eigenvalue weighted by Gasteiger charge is -2.16. The molecule has 0 unspecified atom stereocenters. The summed E-state index contributed by atoms with van der Waals surface area (Å²) in [6.45, 7) is 0. The summed E-state index contributed by atoms with van der Waals surface area (Å²) < 4.78 is 37.1. The van der Waals surface area contributed by atoms with Crippen LogP contribution in [0.25, 0.3) is 0 Å². The van der Waals surface area contributed by atoms with Crippen LogP contribution in [0.4, 0.5) is 13.2 Å². The number of carbonyl (C=O) groups is 1. The normalized spacial score (nSPS) is 13.6. The van der Waals surface area contributed by atoms with E-state index in [2.05, 4.69) is 0 Å². The fourth-order valence-electron chi connectivity index (χ4n) is 1.16. The van der Waals surface area contributed by atoms with Gasteiger partial charge in [-0.15, -0.1) is 0 Å². The van der Waals surface area contributed by atoms with Crippen LogP contribution in [0.3, 0.4) is 0 Å². The van der Waals surface area contributed by atoms with Gasteiger partial charge >= 0.3 is 6.18 Å². The maximum absolute atomic E-state index is 12.4. The van der Waals surface area contributed by atoms with Gasteiger partial charge in [-0.3, -0.25) is 4.79 Å². The van der Waals surface area contributed by atoms with E-state index in [9.17, 15) is 18.0 Å². The van der Waals surface area contributed by atoms with Gasteiger partial charge in [0.2, 0.25) is 5.91 Å². The molecule has 1 amide bonds. The van der Waals surface area contributed by atoms with Crippen molar-refractivity contribution in [1.29, 1.82) is 0 Å². The van der Waals surface area contributed by atoms with E-state index >= 15 is 0 Å². The Hall–Kier alpha value is -1.52. The first kappa shape index (κ1) is 10.6. The number of alkyl halides is 3. The zero-order valence-corrected chi connectivity index (χ0v) is 7.08. The molecule has 0 radical (unpaired) electrons.